The molecule has 0 bridgehead atoms. The Hall–Kier alpha value is -4.33. The molecule has 0 spiro atoms. The van der Waals surface area contributed by atoms with E-state index in [0.29, 0.717) is 17.2 Å². The van der Waals surface area contributed by atoms with Gasteiger partial charge in [0, 0.05) is 22.5 Å². The molecular formula is C26H20N6S. The van der Waals surface area contributed by atoms with Crippen molar-refractivity contribution in [1.82, 2.24) is 14.8 Å². The molecule has 1 aromatic heterocycles. The van der Waals surface area contributed by atoms with Crippen LogP contribution in [0.4, 0.5) is 5.69 Å². The zero-order valence-corrected chi connectivity index (χ0v) is 19.0. The fourth-order valence-corrected chi connectivity index (χ4v) is 3.94. The second-order valence-electron chi connectivity index (χ2n) is 7.19. The third-order valence-corrected chi connectivity index (χ3v) is 5.70. The quantitative estimate of drug-likeness (QED) is 0.295. The highest BCUT2D eigenvalue weighted by molar-refractivity contribution is 7.98. The second kappa shape index (κ2) is 9.86. The number of thioether (sulfide) groups is 1. The molecule has 0 radical (unpaired) electrons. The number of allylic oxidation sites excluding steroid dienone is 1. The Labute approximate surface area is 196 Å². The fraction of sp³-hybridized carbons (Fsp3) is 0.0769. The van der Waals surface area contributed by atoms with Crippen LogP contribution in [0.25, 0.3) is 22.8 Å². The minimum atomic E-state index is 0.000747. The van der Waals surface area contributed by atoms with Crippen molar-refractivity contribution >= 4 is 23.1 Å². The van der Waals surface area contributed by atoms with E-state index < -0.39 is 0 Å². The van der Waals surface area contributed by atoms with E-state index in [1.54, 1.807) is 0 Å². The summed E-state index contributed by atoms with van der Waals surface area (Å²) in [5.74, 6) is 0.661. The van der Waals surface area contributed by atoms with Crippen LogP contribution in [0.5, 0.6) is 0 Å². The van der Waals surface area contributed by atoms with Gasteiger partial charge in [-0.05, 0) is 37.4 Å². The first kappa shape index (κ1) is 21.9. The summed E-state index contributed by atoms with van der Waals surface area (Å²) in [4.78, 5) is 0. The molecule has 1 heterocycles. The summed E-state index contributed by atoms with van der Waals surface area (Å²) in [5.41, 5.74) is 4.82. The fourth-order valence-electron chi connectivity index (χ4n) is 3.45. The first-order valence-electron chi connectivity index (χ1n) is 10.2. The monoisotopic (exact) mass is 448 g/mol. The van der Waals surface area contributed by atoms with Gasteiger partial charge in [-0.2, -0.15) is 10.5 Å². The minimum Gasteiger partial charge on any atom is -0.353 e. The van der Waals surface area contributed by atoms with E-state index in [1.807, 2.05) is 96.6 Å². The molecule has 0 saturated carbocycles. The third-order valence-electron chi connectivity index (χ3n) is 5.07. The zero-order valence-electron chi connectivity index (χ0n) is 18.1. The minimum absolute atomic E-state index is 0.000747. The molecule has 0 amide bonds. The van der Waals surface area contributed by atoms with Crippen LogP contribution in [0, 0.1) is 29.6 Å². The van der Waals surface area contributed by atoms with Gasteiger partial charge < -0.3 is 5.32 Å². The molecule has 0 fully saturated rings. The molecule has 33 heavy (non-hydrogen) atoms. The Morgan fingerprint density at radius 3 is 2.21 bits per heavy atom. The maximum absolute atomic E-state index is 9.57. The van der Waals surface area contributed by atoms with E-state index in [0.717, 1.165) is 22.0 Å². The standard InChI is InChI=1S/C26H20N6S/c1-18-12-14-21(15-13-18)32-25(30-31-26(32)33-2)22-10-6-7-11-23(22)29-24(20(16-27)17-28)19-8-4-3-5-9-19/h3-15,29H,1-2H3. The molecule has 4 aromatic rings. The average molecular weight is 449 g/mol. The van der Waals surface area contributed by atoms with Gasteiger partial charge in [-0.25, -0.2) is 0 Å². The number of benzene rings is 3. The maximum Gasteiger partial charge on any atom is 0.195 e. The van der Waals surface area contributed by atoms with Crippen LogP contribution in [0.1, 0.15) is 11.1 Å². The number of hydrogen-bond acceptors (Lipinski definition) is 6. The molecule has 3 aromatic carbocycles. The Balaban J connectivity index is 1.87. The van der Waals surface area contributed by atoms with Crippen molar-refractivity contribution in [3.05, 3.63) is 95.6 Å². The second-order valence-corrected chi connectivity index (χ2v) is 7.96. The molecule has 1 N–H and O–H groups in total. The molecule has 6 nitrogen and oxygen atoms in total. The predicted octanol–water partition coefficient (Wildman–Crippen LogP) is 5.83. The van der Waals surface area contributed by atoms with E-state index in [1.165, 1.54) is 17.3 Å². The summed E-state index contributed by atoms with van der Waals surface area (Å²) in [6, 6.07) is 29.2. The number of nitrogens with one attached hydrogen (secondary N) is 1. The molecule has 0 saturated heterocycles. The van der Waals surface area contributed by atoms with Crippen LogP contribution in [0.15, 0.2) is 89.6 Å². The highest BCUT2D eigenvalue weighted by Crippen LogP contribution is 2.33. The number of nitrogens with zero attached hydrogens (tertiary/aromatic N) is 5. The summed E-state index contributed by atoms with van der Waals surface area (Å²) in [5, 5.41) is 32.1. The van der Waals surface area contributed by atoms with Crippen molar-refractivity contribution in [1.29, 1.82) is 10.5 Å². The molecule has 4 rings (SSSR count). The van der Waals surface area contributed by atoms with Gasteiger partial charge in [0.25, 0.3) is 0 Å². The Kier molecular flexibility index (Phi) is 6.54. The van der Waals surface area contributed by atoms with E-state index >= 15 is 0 Å². The molecular weight excluding hydrogens is 428 g/mol. The zero-order chi connectivity index (χ0) is 23.2. The molecule has 0 aliphatic heterocycles. The van der Waals surface area contributed by atoms with Crippen molar-refractivity contribution < 1.29 is 0 Å². The van der Waals surface area contributed by atoms with Crippen molar-refractivity contribution in [2.45, 2.75) is 12.1 Å². The van der Waals surface area contributed by atoms with Gasteiger partial charge in [0.1, 0.15) is 12.1 Å². The summed E-state index contributed by atoms with van der Waals surface area (Å²) in [6.45, 7) is 2.05. The maximum atomic E-state index is 9.57. The van der Waals surface area contributed by atoms with E-state index in [2.05, 4.69) is 27.6 Å². The number of anilines is 1. The molecule has 7 heteroatoms. The molecule has 0 aliphatic carbocycles. The summed E-state index contributed by atoms with van der Waals surface area (Å²) >= 11 is 1.51. The van der Waals surface area contributed by atoms with Crippen LogP contribution in [-0.4, -0.2) is 21.0 Å². The van der Waals surface area contributed by atoms with Crippen LogP contribution >= 0.6 is 11.8 Å². The van der Waals surface area contributed by atoms with Gasteiger partial charge in [-0.1, -0.05) is 71.9 Å². The van der Waals surface area contributed by atoms with Gasteiger partial charge in [0.15, 0.2) is 16.6 Å². The van der Waals surface area contributed by atoms with Crippen molar-refractivity contribution in [3.63, 3.8) is 0 Å². The molecule has 0 atom stereocenters. The number of nitriles is 2. The summed E-state index contributed by atoms with van der Waals surface area (Å²) in [7, 11) is 0. The summed E-state index contributed by atoms with van der Waals surface area (Å²) < 4.78 is 2.01. The summed E-state index contributed by atoms with van der Waals surface area (Å²) in [6.07, 6.45) is 1.96. The average Bonchev–Trinajstić information content (AvgIpc) is 3.29. The Morgan fingerprint density at radius 2 is 1.55 bits per heavy atom. The lowest BCUT2D eigenvalue weighted by Gasteiger charge is -2.16. The van der Waals surface area contributed by atoms with Crippen LogP contribution in [0.2, 0.25) is 0 Å². The van der Waals surface area contributed by atoms with Gasteiger partial charge in [-0.15, -0.1) is 10.2 Å². The Morgan fingerprint density at radius 1 is 0.879 bits per heavy atom. The number of aromatic nitrogens is 3. The van der Waals surface area contributed by atoms with Gasteiger partial charge in [-0.3, -0.25) is 4.57 Å². The lowest BCUT2D eigenvalue weighted by atomic mass is 10.1. The van der Waals surface area contributed by atoms with Gasteiger partial charge in [0.2, 0.25) is 0 Å². The SMILES string of the molecule is CSc1nnc(-c2ccccc2NC(=C(C#N)C#N)c2ccccc2)n1-c1ccc(C)cc1. The first-order chi connectivity index (χ1) is 16.2. The largest absolute Gasteiger partial charge is 0.353 e. The lowest BCUT2D eigenvalue weighted by Crippen LogP contribution is -2.05. The predicted molar refractivity (Wildman–Crippen MR) is 132 cm³/mol. The highest BCUT2D eigenvalue weighted by Gasteiger charge is 2.19. The molecule has 0 unspecified atom stereocenters. The lowest BCUT2D eigenvalue weighted by molar-refractivity contribution is 0.888. The van der Waals surface area contributed by atoms with Crippen LogP contribution in [0.3, 0.4) is 0 Å². The normalized spacial score (nSPS) is 10.2. The van der Waals surface area contributed by atoms with Crippen molar-refractivity contribution in [2.75, 3.05) is 11.6 Å². The first-order valence-corrected chi connectivity index (χ1v) is 11.4. The smallest absolute Gasteiger partial charge is 0.195 e. The van der Waals surface area contributed by atoms with Crippen LogP contribution in [-0.2, 0) is 0 Å². The molecule has 0 aliphatic rings. The number of para-hydroxylation sites is 1. The number of hydrogen-bond donors (Lipinski definition) is 1. The van der Waals surface area contributed by atoms with Crippen molar-refractivity contribution in [2.24, 2.45) is 0 Å². The van der Waals surface area contributed by atoms with Crippen molar-refractivity contribution in [3.8, 4) is 29.2 Å². The highest BCUT2D eigenvalue weighted by atomic mass is 32.2. The Bertz CT molecular complexity index is 1370. The number of aryl methyl sites for hydroxylation is 1. The van der Waals surface area contributed by atoms with E-state index in [4.69, 9.17) is 0 Å². The van der Waals surface area contributed by atoms with Crippen LogP contribution < -0.4 is 5.32 Å². The molecule has 160 valence electrons. The topological polar surface area (TPSA) is 90.3 Å². The van der Waals surface area contributed by atoms with Gasteiger partial charge in [0.05, 0.1) is 5.70 Å². The van der Waals surface area contributed by atoms with E-state index in [-0.39, 0.29) is 5.57 Å². The van der Waals surface area contributed by atoms with Gasteiger partial charge >= 0.3 is 0 Å². The third kappa shape index (κ3) is 4.50. The van der Waals surface area contributed by atoms with E-state index in [9.17, 15) is 10.5 Å². The number of rotatable bonds is 6.